The van der Waals surface area contributed by atoms with Gasteiger partial charge in [-0.2, -0.15) is 0 Å². The Bertz CT molecular complexity index is 291. The molecule has 1 rings (SSSR count). The van der Waals surface area contributed by atoms with Crippen LogP contribution in [-0.2, 0) is 6.42 Å². The van der Waals surface area contributed by atoms with Crippen LogP contribution < -0.4 is 0 Å². The first kappa shape index (κ1) is 12.6. The Hall–Kier alpha value is -0.490. The first-order valence-corrected chi connectivity index (χ1v) is 6.23. The van der Waals surface area contributed by atoms with E-state index in [4.69, 9.17) is 11.6 Å². The van der Waals surface area contributed by atoms with Crippen LogP contribution in [0.5, 0.6) is 0 Å². The van der Waals surface area contributed by atoms with Crippen LogP contribution in [0.1, 0.15) is 37.8 Å². The molecule has 0 bridgehead atoms. The quantitative estimate of drug-likeness (QED) is 0.643. The van der Waals surface area contributed by atoms with E-state index in [1.165, 1.54) is 17.5 Å². The summed E-state index contributed by atoms with van der Waals surface area (Å²) >= 11 is 6.22. The normalized spacial score (nSPS) is 13.1. The van der Waals surface area contributed by atoms with Crippen LogP contribution in [0.25, 0.3) is 0 Å². The van der Waals surface area contributed by atoms with E-state index in [1.54, 1.807) is 0 Å². The molecule has 0 aliphatic rings. The number of rotatable bonds is 5. The fraction of sp³-hybridized carbons (Fsp3) is 0.571. The molecule has 1 atom stereocenters. The molecular weight excluding hydrogens is 204 g/mol. The zero-order valence-corrected chi connectivity index (χ0v) is 10.7. The van der Waals surface area contributed by atoms with Gasteiger partial charge in [-0.15, -0.1) is 11.6 Å². The third-order valence-electron chi connectivity index (χ3n) is 2.91. The molecule has 1 aromatic carbocycles. The van der Waals surface area contributed by atoms with E-state index >= 15 is 0 Å². The zero-order valence-electron chi connectivity index (χ0n) is 9.96. The van der Waals surface area contributed by atoms with Crippen molar-refractivity contribution in [3.63, 3.8) is 0 Å². The predicted molar refractivity (Wildman–Crippen MR) is 68.6 cm³/mol. The first-order valence-electron chi connectivity index (χ1n) is 5.80. The topological polar surface area (TPSA) is 0 Å². The van der Waals surface area contributed by atoms with Crippen LogP contribution >= 0.6 is 11.6 Å². The molecule has 0 spiro atoms. The van der Waals surface area contributed by atoms with E-state index in [0.717, 1.165) is 12.8 Å². The summed E-state index contributed by atoms with van der Waals surface area (Å²) < 4.78 is 0. The lowest BCUT2D eigenvalue weighted by Crippen LogP contribution is -2.07. The Morgan fingerprint density at radius 3 is 2.47 bits per heavy atom. The van der Waals surface area contributed by atoms with Crippen molar-refractivity contribution in [3.05, 3.63) is 35.4 Å². The van der Waals surface area contributed by atoms with Crippen molar-refractivity contribution in [1.29, 1.82) is 0 Å². The van der Waals surface area contributed by atoms with Gasteiger partial charge in [0.2, 0.25) is 0 Å². The predicted octanol–water partition coefficient (Wildman–Crippen LogP) is 4.58. The van der Waals surface area contributed by atoms with Crippen molar-refractivity contribution in [2.24, 2.45) is 5.92 Å². The van der Waals surface area contributed by atoms with Gasteiger partial charge in [0.05, 0.1) is 0 Å². The molecule has 1 aromatic rings. The van der Waals surface area contributed by atoms with Gasteiger partial charge in [0.15, 0.2) is 0 Å². The van der Waals surface area contributed by atoms with E-state index in [1.807, 2.05) is 0 Å². The van der Waals surface area contributed by atoms with Crippen molar-refractivity contribution < 1.29 is 0 Å². The highest BCUT2D eigenvalue weighted by atomic mass is 35.5. The van der Waals surface area contributed by atoms with E-state index in [-0.39, 0.29) is 0 Å². The highest BCUT2D eigenvalue weighted by Crippen LogP contribution is 2.18. The summed E-state index contributed by atoms with van der Waals surface area (Å²) in [5.41, 5.74) is 2.86. The summed E-state index contributed by atoms with van der Waals surface area (Å²) in [5.74, 6) is 0.587. The molecule has 1 heteroatoms. The van der Waals surface area contributed by atoms with Gasteiger partial charge in [-0.1, -0.05) is 38.1 Å². The third-order valence-corrected chi connectivity index (χ3v) is 3.63. The Morgan fingerprint density at radius 1 is 1.20 bits per heavy atom. The SMILES string of the molecule is Cc1ccccc1CCCC(Cl)C(C)C. The van der Waals surface area contributed by atoms with Gasteiger partial charge < -0.3 is 0 Å². The van der Waals surface area contributed by atoms with Crippen molar-refractivity contribution >= 4 is 11.6 Å². The summed E-state index contributed by atoms with van der Waals surface area (Å²) in [5, 5.41) is 0.328. The van der Waals surface area contributed by atoms with Crippen molar-refractivity contribution in [2.45, 2.75) is 45.4 Å². The molecule has 0 radical (unpaired) electrons. The fourth-order valence-electron chi connectivity index (χ4n) is 1.71. The van der Waals surface area contributed by atoms with Crippen LogP contribution in [-0.4, -0.2) is 5.38 Å². The molecule has 0 amide bonds. The average Bonchev–Trinajstić information content (AvgIpc) is 2.20. The third kappa shape index (κ3) is 4.25. The Kier molecular flexibility index (Phi) is 5.17. The van der Waals surface area contributed by atoms with Crippen LogP contribution in [0.15, 0.2) is 24.3 Å². The number of alkyl halides is 1. The molecule has 0 aliphatic heterocycles. The average molecular weight is 225 g/mol. The smallest absolute Gasteiger partial charge is 0.0359 e. The molecule has 0 nitrogen and oxygen atoms in total. The summed E-state index contributed by atoms with van der Waals surface area (Å²) in [7, 11) is 0. The van der Waals surface area contributed by atoms with Gasteiger partial charge in [0, 0.05) is 5.38 Å². The van der Waals surface area contributed by atoms with Gasteiger partial charge in [-0.3, -0.25) is 0 Å². The van der Waals surface area contributed by atoms with Crippen molar-refractivity contribution in [1.82, 2.24) is 0 Å². The number of hydrogen-bond acceptors (Lipinski definition) is 0. The maximum absolute atomic E-state index is 6.22. The minimum atomic E-state index is 0.328. The highest BCUT2D eigenvalue weighted by molar-refractivity contribution is 6.20. The molecule has 15 heavy (non-hydrogen) atoms. The van der Waals surface area contributed by atoms with Crippen LogP contribution in [0.4, 0.5) is 0 Å². The lowest BCUT2D eigenvalue weighted by Gasteiger charge is -2.13. The number of benzene rings is 1. The van der Waals surface area contributed by atoms with E-state index < -0.39 is 0 Å². The van der Waals surface area contributed by atoms with Gasteiger partial charge in [0.25, 0.3) is 0 Å². The van der Waals surface area contributed by atoms with Crippen LogP contribution in [0, 0.1) is 12.8 Å². The molecule has 0 saturated carbocycles. The zero-order chi connectivity index (χ0) is 11.3. The van der Waals surface area contributed by atoms with E-state index in [9.17, 15) is 0 Å². The second kappa shape index (κ2) is 6.17. The molecule has 0 saturated heterocycles. The molecular formula is C14H21Cl. The fourth-order valence-corrected chi connectivity index (χ4v) is 1.87. The van der Waals surface area contributed by atoms with Gasteiger partial charge >= 0.3 is 0 Å². The first-order chi connectivity index (χ1) is 7.11. The van der Waals surface area contributed by atoms with Crippen molar-refractivity contribution in [3.8, 4) is 0 Å². The Balaban J connectivity index is 2.35. The summed E-state index contributed by atoms with van der Waals surface area (Å²) in [6.07, 6.45) is 3.47. The molecule has 0 fully saturated rings. The van der Waals surface area contributed by atoms with E-state index in [2.05, 4.69) is 45.0 Å². The molecule has 0 heterocycles. The van der Waals surface area contributed by atoms with Crippen LogP contribution in [0.3, 0.4) is 0 Å². The second-order valence-corrected chi connectivity index (χ2v) is 5.14. The van der Waals surface area contributed by atoms with Gasteiger partial charge in [-0.25, -0.2) is 0 Å². The van der Waals surface area contributed by atoms with Crippen LogP contribution in [0.2, 0.25) is 0 Å². The monoisotopic (exact) mass is 224 g/mol. The van der Waals surface area contributed by atoms with Gasteiger partial charge in [0.1, 0.15) is 0 Å². The number of hydrogen-bond donors (Lipinski definition) is 0. The lowest BCUT2D eigenvalue weighted by atomic mass is 9.99. The molecule has 0 aromatic heterocycles. The number of aryl methyl sites for hydroxylation is 2. The molecule has 84 valence electrons. The van der Waals surface area contributed by atoms with E-state index in [0.29, 0.717) is 11.3 Å². The largest absolute Gasteiger partial charge is 0.123 e. The summed E-state index contributed by atoms with van der Waals surface area (Å²) in [6, 6.07) is 8.60. The maximum Gasteiger partial charge on any atom is 0.0359 e. The summed E-state index contributed by atoms with van der Waals surface area (Å²) in [4.78, 5) is 0. The molecule has 0 N–H and O–H groups in total. The molecule has 1 unspecified atom stereocenters. The minimum absolute atomic E-state index is 0.328. The lowest BCUT2D eigenvalue weighted by molar-refractivity contribution is 0.547. The summed E-state index contributed by atoms with van der Waals surface area (Å²) in [6.45, 7) is 6.55. The molecule has 0 aliphatic carbocycles. The second-order valence-electron chi connectivity index (χ2n) is 4.58. The minimum Gasteiger partial charge on any atom is -0.123 e. The Labute approximate surface area is 98.7 Å². The van der Waals surface area contributed by atoms with Gasteiger partial charge in [-0.05, 0) is 43.2 Å². The highest BCUT2D eigenvalue weighted by Gasteiger charge is 2.08. The standard InChI is InChI=1S/C14H21Cl/c1-11(2)14(15)10-6-9-13-8-5-4-7-12(13)3/h4-5,7-8,11,14H,6,9-10H2,1-3H3. The Morgan fingerprint density at radius 2 is 1.87 bits per heavy atom. The number of halogens is 1. The maximum atomic E-state index is 6.22. The van der Waals surface area contributed by atoms with Crippen molar-refractivity contribution in [2.75, 3.05) is 0 Å².